The lowest BCUT2D eigenvalue weighted by Gasteiger charge is -2.18. The van der Waals surface area contributed by atoms with Gasteiger partial charge in [-0.2, -0.15) is 0 Å². The van der Waals surface area contributed by atoms with Crippen molar-refractivity contribution in [1.82, 2.24) is 20.5 Å². The number of aliphatic carboxylic acids is 1. The van der Waals surface area contributed by atoms with Crippen molar-refractivity contribution in [2.45, 2.75) is 18.5 Å². The van der Waals surface area contributed by atoms with Crippen molar-refractivity contribution in [2.24, 2.45) is 0 Å². The Hall–Kier alpha value is -4.18. The number of ether oxygens (including phenoxy) is 1. The van der Waals surface area contributed by atoms with Crippen LogP contribution in [0.25, 0.3) is 11.1 Å². The number of nitrogens with zero attached hydrogens (tertiary/aromatic N) is 2. The molecule has 0 bridgehead atoms. The zero-order chi connectivity index (χ0) is 24.9. The molecule has 1 aromatic heterocycles. The minimum absolute atomic E-state index is 0.0792. The topological polar surface area (TPSA) is 134 Å². The van der Waals surface area contributed by atoms with Gasteiger partial charge in [0.25, 0.3) is 5.91 Å². The molecule has 0 spiro atoms. The number of aromatic nitrogens is 1. The predicted octanol–water partition coefficient (Wildman–Crippen LogP) is 2.46. The van der Waals surface area contributed by atoms with Gasteiger partial charge in [0, 0.05) is 12.5 Å². The van der Waals surface area contributed by atoms with Crippen LogP contribution in [0, 0.1) is 0 Å². The highest BCUT2D eigenvalue weighted by Gasteiger charge is 2.29. The number of oxazole rings is 1. The summed E-state index contributed by atoms with van der Waals surface area (Å²) in [4.78, 5) is 41.9. The normalized spacial score (nSPS) is 13.1. The third-order valence-electron chi connectivity index (χ3n) is 5.74. The first-order valence-electron chi connectivity index (χ1n) is 11.0. The van der Waals surface area contributed by atoms with E-state index in [9.17, 15) is 19.5 Å². The van der Waals surface area contributed by atoms with Crippen LogP contribution in [-0.2, 0) is 16.1 Å². The van der Waals surface area contributed by atoms with Crippen LogP contribution in [0.3, 0.4) is 0 Å². The Balaban J connectivity index is 1.35. The van der Waals surface area contributed by atoms with Crippen LogP contribution in [0.15, 0.2) is 59.3 Å². The van der Waals surface area contributed by atoms with Crippen molar-refractivity contribution < 1.29 is 28.6 Å². The fourth-order valence-corrected chi connectivity index (χ4v) is 4.16. The molecule has 35 heavy (non-hydrogen) atoms. The SMILES string of the molecule is CN(C)CC(NC(=O)c1ncoc1CNC(=O)OCC1c2ccccc2-c2ccccc21)C(=O)O. The van der Waals surface area contributed by atoms with E-state index in [1.54, 1.807) is 19.0 Å². The zero-order valence-electron chi connectivity index (χ0n) is 19.4. The van der Waals surface area contributed by atoms with Gasteiger partial charge in [-0.1, -0.05) is 48.5 Å². The molecule has 3 N–H and O–H groups in total. The molecular weight excluding hydrogens is 452 g/mol. The number of amides is 2. The van der Waals surface area contributed by atoms with Gasteiger partial charge in [-0.15, -0.1) is 0 Å². The van der Waals surface area contributed by atoms with Gasteiger partial charge in [-0.05, 0) is 36.3 Å². The number of carboxylic acid groups (broad SMARTS) is 1. The van der Waals surface area contributed by atoms with Gasteiger partial charge in [-0.3, -0.25) is 4.79 Å². The standard InChI is InChI=1S/C25H26N4O6/c1-29(2)12-20(24(31)32)28-23(30)22-21(35-14-27-22)11-26-25(33)34-13-19-17-9-5-3-7-15(17)16-8-4-6-10-18(16)19/h3-10,14,19-20H,11-13H2,1-2H3,(H,26,33)(H,28,30)(H,31,32). The number of likely N-dealkylation sites (N-methyl/N-ethyl adjacent to an activating group) is 1. The molecule has 0 radical (unpaired) electrons. The summed E-state index contributed by atoms with van der Waals surface area (Å²) in [5.41, 5.74) is 4.35. The number of benzene rings is 2. The lowest BCUT2D eigenvalue weighted by Crippen LogP contribution is -2.47. The molecular formula is C25H26N4O6. The summed E-state index contributed by atoms with van der Waals surface area (Å²) < 4.78 is 10.7. The van der Waals surface area contributed by atoms with Crippen molar-refractivity contribution in [2.75, 3.05) is 27.2 Å². The summed E-state index contributed by atoms with van der Waals surface area (Å²) in [5.74, 6) is -1.87. The van der Waals surface area contributed by atoms with Gasteiger partial charge >= 0.3 is 12.1 Å². The molecule has 1 atom stereocenters. The van der Waals surface area contributed by atoms with E-state index in [1.807, 2.05) is 36.4 Å². The summed E-state index contributed by atoms with van der Waals surface area (Å²) in [5, 5.41) is 14.3. The number of alkyl carbamates (subject to hydrolysis) is 1. The first-order valence-corrected chi connectivity index (χ1v) is 11.0. The van der Waals surface area contributed by atoms with Crippen molar-refractivity contribution in [1.29, 1.82) is 0 Å². The van der Waals surface area contributed by atoms with E-state index in [2.05, 4.69) is 27.8 Å². The molecule has 0 saturated carbocycles. The number of nitrogens with one attached hydrogen (secondary N) is 2. The minimum Gasteiger partial charge on any atom is -0.480 e. The number of hydrogen-bond acceptors (Lipinski definition) is 7. The van der Waals surface area contributed by atoms with Crippen molar-refractivity contribution in [3.8, 4) is 11.1 Å². The minimum atomic E-state index is -1.17. The van der Waals surface area contributed by atoms with Gasteiger partial charge in [0.05, 0.1) is 6.54 Å². The van der Waals surface area contributed by atoms with E-state index in [1.165, 1.54) is 0 Å². The Kier molecular flexibility index (Phi) is 7.11. The Morgan fingerprint density at radius 3 is 2.31 bits per heavy atom. The predicted molar refractivity (Wildman–Crippen MR) is 126 cm³/mol. The second-order valence-electron chi connectivity index (χ2n) is 8.43. The molecule has 1 unspecified atom stereocenters. The Morgan fingerprint density at radius 2 is 1.71 bits per heavy atom. The lowest BCUT2D eigenvalue weighted by molar-refractivity contribution is -0.139. The van der Waals surface area contributed by atoms with E-state index < -0.39 is 24.0 Å². The first-order chi connectivity index (χ1) is 16.8. The highest BCUT2D eigenvalue weighted by atomic mass is 16.5. The van der Waals surface area contributed by atoms with Crippen LogP contribution in [-0.4, -0.2) is 66.2 Å². The van der Waals surface area contributed by atoms with Gasteiger partial charge in [0.15, 0.2) is 17.8 Å². The number of carboxylic acids is 1. The molecule has 0 aliphatic heterocycles. The molecule has 0 saturated heterocycles. The van der Waals surface area contributed by atoms with Gasteiger partial charge in [0.1, 0.15) is 12.6 Å². The molecule has 0 fully saturated rings. The van der Waals surface area contributed by atoms with Gasteiger partial charge in [-0.25, -0.2) is 14.6 Å². The molecule has 4 rings (SSSR count). The highest BCUT2D eigenvalue weighted by Crippen LogP contribution is 2.44. The molecule has 2 aromatic carbocycles. The van der Waals surface area contributed by atoms with Gasteiger partial charge in [0.2, 0.25) is 0 Å². The van der Waals surface area contributed by atoms with E-state index in [0.29, 0.717) is 0 Å². The molecule has 1 aliphatic carbocycles. The average molecular weight is 479 g/mol. The summed E-state index contributed by atoms with van der Waals surface area (Å²) in [6, 6.07) is 14.9. The molecule has 182 valence electrons. The maximum atomic E-state index is 12.5. The molecule has 1 heterocycles. The maximum absolute atomic E-state index is 12.5. The van der Waals surface area contributed by atoms with Crippen LogP contribution < -0.4 is 10.6 Å². The fraction of sp³-hybridized carbons (Fsp3) is 0.280. The first kappa shape index (κ1) is 24.0. The third-order valence-corrected chi connectivity index (χ3v) is 5.74. The highest BCUT2D eigenvalue weighted by molar-refractivity contribution is 5.95. The molecule has 10 heteroatoms. The quantitative estimate of drug-likeness (QED) is 0.427. The fourth-order valence-electron chi connectivity index (χ4n) is 4.16. The summed E-state index contributed by atoms with van der Waals surface area (Å²) in [6.45, 7) is 0.103. The second-order valence-corrected chi connectivity index (χ2v) is 8.43. The van der Waals surface area contributed by atoms with Crippen molar-refractivity contribution in [3.05, 3.63) is 77.5 Å². The summed E-state index contributed by atoms with van der Waals surface area (Å²) in [7, 11) is 3.39. The third kappa shape index (κ3) is 5.33. The van der Waals surface area contributed by atoms with Crippen LogP contribution in [0.4, 0.5) is 4.79 Å². The molecule has 1 aliphatic rings. The van der Waals surface area contributed by atoms with Crippen molar-refractivity contribution in [3.63, 3.8) is 0 Å². The second kappa shape index (κ2) is 10.4. The number of rotatable bonds is 9. The monoisotopic (exact) mass is 478 g/mol. The Labute approximate surface area is 201 Å². The Bertz CT molecular complexity index is 1190. The van der Waals surface area contributed by atoms with Crippen LogP contribution >= 0.6 is 0 Å². The van der Waals surface area contributed by atoms with E-state index >= 15 is 0 Å². The van der Waals surface area contributed by atoms with E-state index in [0.717, 1.165) is 28.6 Å². The van der Waals surface area contributed by atoms with Crippen LogP contribution in [0.5, 0.6) is 0 Å². The van der Waals surface area contributed by atoms with E-state index in [4.69, 9.17) is 9.15 Å². The Morgan fingerprint density at radius 1 is 1.09 bits per heavy atom. The smallest absolute Gasteiger partial charge is 0.407 e. The number of fused-ring (bicyclic) bond motifs is 3. The number of carbonyl (C=O) groups excluding carboxylic acids is 2. The van der Waals surface area contributed by atoms with E-state index in [-0.39, 0.29) is 37.1 Å². The van der Waals surface area contributed by atoms with Crippen molar-refractivity contribution >= 4 is 18.0 Å². The lowest BCUT2D eigenvalue weighted by atomic mass is 9.98. The van der Waals surface area contributed by atoms with Gasteiger partial charge < -0.3 is 29.8 Å². The van der Waals surface area contributed by atoms with Crippen LogP contribution in [0.1, 0.15) is 33.3 Å². The number of hydrogen-bond donors (Lipinski definition) is 3. The molecule has 2 amide bonds. The maximum Gasteiger partial charge on any atom is 0.407 e. The zero-order valence-corrected chi connectivity index (χ0v) is 19.4. The molecule has 10 nitrogen and oxygen atoms in total. The number of carbonyl (C=O) groups is 3. The summed E-state index contributed by atoms with van der Waals surface area (Å²) in [6.07, 6.45) is 0.386. The largest absolute Gasteiger partial charge is 0.480 e. The average Bonchev–Trinajstić information content (AvgIpc) is 3.43. The summed E-state index contributed by atoms with van der Waals surface area (Å²) >= 11 is 0. The van der Waals surface area contributed by atoms with Crippen LogP contribution in [0.2, 0.25) is 0 Å². The molecule has 3 aromatic rings.